The van der Waals surface area contributed by atoms with Gasteiger partial charge in [0, 0.05) is 29.3 Å². The number of rotatable bonds is 11. The van der Waals surface area contributed by atoms with Gasteiger partial charge in [0.2, 0.25) is 5.91 Å². The van der Waals surface area contributed by atoms with Crippen LogP contribution in [0.3, 0.4) is 0 Å². The molecule has 30 heavy (non-hydrogen) atoms. The summed E-state index contributed by atoms with van der Waals surface area (Å²) in [6.45, 7) is 5.85. The Morgan fingerprint density at radius 2 is 1.70 bits per heavy atom. The van der Waals surface area contributed by atoms with Crippen LogP contribution in [0.5, 0.6) is 11.5 Å². The molecule has 1 heterocycles. The molecule has 1 aliphatic carbocycles. The van der Waals surface area contributed by atoms with Crippen molar-refractivity contribution in [3.8, 4) is 11.5 Å². The number of unbranched alkanes of at least 4 members (excludes halogenated alkanes) is 3. The quantitative estimate of drug-likeness (QED) is 0.298. The molecule has 0 saturated heterocycles. The molecule has 5 nitrogen and oxygen atoms in total. The van der Waals surface area contributed by atoms with Gasteiger partial charge in [-0.05, 0) is 57.7 Å². The van der Waals surface area contributed by atoms with Crippen molar-refractivity contribution in [2.24, 2.45) is 16.9 Å². The second kappa shape index (κ2) is 11.7. The molecule has 1 aromatic rings. The highest BCUT2D eigenvalue weighted by Gasteiger charge is 2.41. The van der Waals surface area contributed by atoms with Crippen molar-refractivity contribution in [3.63, 3.8) is 0 Å². The van der Waals surface area contributed by atoms with E-state index >= 15 is 0 Å². The fourth-order valence-electron chi connectivity index (χ4n) is 4.55. The third-order valence-corrected chi connectivity index (χ3v) is 6.57. The maximum atomic E-state index is 13.1. The molecule has 1 aromatic carbocycles. The predicted octanol–water partition coefficient (Wildman–Crippen LogP) is 5.79. The van der Waals surface area contributed by atoms with Gasteiger partial charge in [-0.15, -0.1) is 0 Å². The third kappa shape index (κ3) is 5.57. The Labute approximate surface area is 189 Å². The van der Waals surface area contributed by atoms with E-state index in [2.05, 4.69) is 22.0 Å². The number of hydrogen-bond acceptors (Lipinski definition) is 4. The van der Waals surface area contributed by atoms with E-state index in [1.165, 1.54) is 12.8 Å². The van der Waals surface area contributed by atoms with Crippen LogP contribution < -0.4 is 9.47 Å². The molecule has 6 heteroatoms. The van der Waals surface area contributed by atoms with E-state index in [-0.39, 0.29) is 17.7 Å². The summed E-state index contributed by atoms with van der Waals surface area (Å²) in [6, 6.07) is 6.09. The minimum absolute atomic E-state index is 0.0657. The summed E-state index contributed by atoms with van der Waals surface area (Å²) in [5.74, 6) is 2.02. The lowest BCUT2D eigenvalue weighted by molar-refractivity contribution is -0.139. The molecule has 2 aliphatic rings. The first-order valence-electron chi connectivity index (χ1n) is 11.5. The van der Waals surface area contributed by atoms with Crippen LogP contribution >= 0.6 is 15.9 Å². The van der Waals surface area contributed by atoms with Gasteiger partial charge in [0.1, 0.15) is 0 Å². The molecule has 1 aliphatic heterocycles. The Kier molecular flexibility index (Phi) is 9.04. The number of fused-ring (bicyclic) bond motifs is 1. The largest absolute Gasteiger partial charge is 0.490 e. The average Bonchev–Trinajstić information content (AvgIpc) is 2.77. The molecule has 0 unspecified atom stereocenters. The van der Waals surface area contributed by atoms with Gasteiger partial charge in [-0.1, -0.05) is 41.6 Å². The van der Waals surface area contributed by atoms with Crippen molar-refractivity contribution in [2.75, 3.05) is 25.1 Å². The van der Waals surface area contributed by atoms with Gasteiger partial charge in [0.25, 0.3) is 0 Å². The summed E-state index contributed by atoms with van der Waals surface area (Å²) in [5, 5.41) is 7.71. The minimum atomic E-state index is 0.0657. The summed E-state index contributed by atoms with van der Waals surface area (Å²) in [6.07, 6.45) is 8.80. The summed E-state index contributed by atoms with van der Waals surface area (Å²) < 4.78 is 11.6. The Morgan fingerprint density at radius 1 is 1.00 bits per heavy atom. The van der Waals surface area contributed by atoms with E-state index in [0.717, 1.165) is 66.6 Å². The number of carbonyl (C=O) groups excluding carboxylic acids is 1. The first kappa shape index (κ1) is 23.1. The number of amides is 1. The number of ether oxygens (including phenoxy) is 2. The Morgan fingerprint density at radius 3 is 2.43 bits per heavy atom. The SMILES string of the molecule is CCOc1ccc(C2=NN(CCCCCCBr)C(=O)[C@@H]3CCCC[C@H]23)cc1OCC. The molecule has 2 atom stereocenters. The van der Waals surface area contributed by atoms with Crippen molar-refractivity contribution in [3.05, 3.63) is 23.8 Å². The summed E-state index contributed by atoms with van der Waals surface area (Å²) in [4.78, 5) is 13.1. The fraction of sp³-hybridized carbons (Fsp3) is 0.667. The van der Waals surface area contributed by atoms with Crippen LogP contribution in [0.25, 0.3) is 0 Å². The zero-order valence-electron chi connectivity index (χ0n) is 18.4. The van der Waals surface area contributed by atoms with E-state index < -0.39 is 0 Å². The number of hydrazone groups is 1. The topological polar surface area (TPSA) is 51.1 Å². The average molecular weight is 479 g/mol. The predicted molar refractivity (Wildman–Crippen MR) is 125 cm³/mol. The van der Waals surface area contributed by atoms with Gasteiger partial charge in [-0.2, -0.15) is 5.10 Å². The molecule has 3 rings (SSSR count). The van der Waals surface area contributed by atoms with Crippen LogP contribution in [0, 0.1) is 11.8 Å². The van der Waals surface area contributed by atoms with Crippen molar-refractivity contribution >= 4 is 27.5 Å². The van der Waals surface area contributed by atoms with E-state index in [9.17, 15) is 4.79 Å². The maximum absolute atomic E-state index is 13.1. The van der Waals surface area contributed by atoms with Crippen LogP contribution in [0.1, 0.15) is 70.8 Å². The number of nitrogens with zero attached hydrogens (tertiary/aromatic N) is 2. The highest BCUT2D eigenvalue weighted by molar-refractivity contribution is 9.09. The fourth-order valence-corrected chi connectivity index (χ4v) is 4.95. The van der Waals surface area contributed by atoms with Crippen LogP contribution in [-0.4, -0.2) is 41.7 Å². The van der Waals surface area contributed by atoms with E-state index in [0.29, 0.717) is 19.8 Å². The molecular weight excluding hydrogens is 444 g/mol. The molecule has 0 aromatic heterocycles. The van der Waals surface area contributed by atoms with E-state index in [1.807, 2.05) is 26.0 Å². The van der Waals surface area contributed by atoms with Gasteiger partial charge in [-0.25, -0.2) is 5.01 Å². The molecule has 0 bridgehead atoms. The summed E-state index contributed by atoms with van der Waals surface area (Å²) >= 11 is 3.49. The first-order valence-corrected chi connectivity index (χ1v) is 12.7. The van der Waals surface area contributed by atoms with Crippen LogP contribution in [0.15, 0.2) is 23.3 Å². The number of halogens is 1. The summed E-state index contributed by atoms with van der Waals surface area (Å²) in [7, 11) is 0. The Bertz CT molecular complexity index is 737. The van der Waals surface area contributed by atoms with Gasteiger partial charge in [-0.3, -0.25) is 4.79 Å². The second-order valence-corrected chi connectivity index (χ2v) is 8.87. The second-order valence-electron chi connectivity index (χ2n) is 8.07. The molecule has 0 N–H and O–H groups in total. The lowest BCUT2D eigenvalue weighted by atomic mass is 9.73. The van der Waals surface area contributed by atoms with Crippen LogP contribution in [0.4, 0.5) is 0 Å². The Hall–Kier alpha value is -1.56. The van der Waals surface area contributed by atoms with Crippen LogP contribution in [-0.2, 0) is 4.79 Å². The van der Waals surface area contributed by atoms with Crippen molar-refractivity contribution < 1.29 is 14.3 Å². The molecule has 166 valence electrons. The van der Waals surface area contributed by atoms with Crippen molar-refractivity contribution in [2.45, 2.75) is 65.2 Å². The lowest BCUT2D eigenvalue weighted by Crippen LogP contribution is -2.46. The van der Waals surface area contributed by atoms with Gasteiger partial charge in [0.15, 0.2) is 11.5 Å². The van der Waals surface area contributed by atoms with Crippen molar-refractivity contribution in [1.29, 1.82) is 0 Å². The first-order chi connectivity index (χ1) is 14.7. The number of hydrogen-bond donors (Lipinski definition) is 0. The standard InChI is InChI=1S/C24H35BrN2O3/c1-3-29-21-14-13-18(17-22(21)30-4-2)23-19-11-7-8-12-20(19)24(28)27(26-23)16-10-6-5-9-15-25/h13-14,17,19-20H,3-12,15-16H2,1-2H3/t19-,20+/m0/s1. The van der Waals surface area contributed by atoms with Gasteiger partial charge in [0.05, 0.1) is 18.9 Å². The third-order valence-electron chi connectivity index (χ3n) is 6.01. The van der Waals surface area contributed by atoms with Crippen molar-refractivity contribution in [1.82, 2.24) is 5.01 Å². The number of alkyl halides is 1. The normalized spacial score (nSPS) is 21.2. The smallest absolute Gasteiger partial charge is 0.246 e. The molecule has 1 saturated carbocycles. The number of benzene rings is 1. The Balaban J connectivity index is 1.86. The van der Waals surface area contributed by atoms with E-state index in [1.54, 1.807) is 5.01 Å². The lowest BCUT2D eigenvalue weighted by Gasteiger charge is -2.38. The zero-order valence-corrected chi connectivity index (χ0v) is 20.0. The highest BCUT2D eigenvalue weighted by Crippen LogP contribution is 2.39. The highest BCUT2D eigenvalue weighted by atomic mass is 79.9. The molecule has 1 fully saturated rings. The molecule has 1 amide bonds. The minimum Gasteiger partial charge on any atom is -0.490 e. The monoisotopic (exact) mass is 478 g/mol. The molecule has 0 spiro atoms. The maximum Gasteiger partial charge on any atom is 0.246 e. The van der Waals surface area contributed by atoms with Gasteiger partial charge >= 0.3 is 0 Å². The molecule has 0 radical (unpaired) electrons. The van der Waals surface area contributed by atoms with E-state index in [4.69, 9.17) is 14.6 Å². The zero-order chi connectivity index (χ0) is 21.3. The van der Waals surface area contributed by atoms with Crippen LogP contribution in [0.2, 0.25) is 0 Å². The van der Waals surface area contributed by atoms with Gasteiger partial charge < -0.3 is 9.47 Å². The summed E-state index contributed by atoms with van der Waals surface area (Å²) in [5.41, 5.74) is 2.10. The number of carbonyl (C=O) groups is 1. The molecular formula is C24H35BrN2O3.